The van der Waals surface area contributed by atoms with Crippen LogP contribution in [0.1, 0.15) is 24.0 Å². The van der Waals surface area contributed by atoms with Gasteiger partial charge in [0.15, 0.2) is 17.2 Å². The fourth-order valence-electron chi connectivity index (χ4n) is 5.65. The monoisotopic (exact) mass is 653 g/mol. The highest BCUT2D eigenvalue weighted by Crippen LogP contribution is 2.40. The number of amides is 2. The van der Waals surface area contributed by atoms with Crippen LogP contribution < -0.4 is 39.9 Å². The normalized spacial score (nSPS) is 13.0. The minimum atomic E-state index is -0.250. The number of para-hydroxylation sites is 3. The molecule has 2 amide bonds. The van der Waals surface area contributed by atoms with Crippen LogP contribution in [0.3, 0.4) is 0 Å². The molecule has 5 rings (SSSR count). The molecule has 4 aromatic rings. The van der Waals surface area contributed by atoms with Crippen LogP contribution in [0.25, 0.3) is 0 Å². The molecule has 0 aromatic heterocycles. The maximum Gasteiger partial charge on any atom is 0.234 e. The first kappa shape index (κ1) is 34.1. The Bertz CT molecular complexity index is 1650. The minimum Gasteiger partial charge on any atom is -0.493 e. The van der Waals surface area contributed by atoms with E-state index in [0.29, 0.717) is 54.1 Å². The number of nitrogens with two attached hydrogens (primary N) is 1. The Morgan fingerprint density at radius 3 is 2.10 bits per heavy atom. The van der Waals surface area contributed by atoms with Crippen molar-refractivity contribution in [3.05, 3.63) is 102 Å². The summed E-state index contributed by atoms with van der Waals surface area (Å²) in [5.41, 5.74) is 12.2. The first-order valence-corrected chi connectivity index (χ1v) is 15.9. The molecule has 48 heavy (non-hydrogen) atoms. The average molecular weight is 654 g/mol. The Labute approximate surface area is 281 Å². The van der Waals surface area contributed by atoms with E-state index in [-0.39, 0.29) is 31.2 Å². The highest BCUT2D eigenvalue weighted by atomic mass is 16.5. The summed E-state index contributed by atoms with van der Waals surface area (Å²) in [6, 6.07) is 28.7. The lowest BCUT2D eigenvalue weighted by Gasteiger charge is -2.36. The molecule has 1 fully saturated rings. The van der Waals surface area contributed by atoms with Crippen molar-refractivity contribution < 1.29 is 28.5 Å². The van der Waals surface area contributed by atoms with Gasteiger partial charge in [0, 0.05) is 51.3 Å². The Hall–Kier alpha value is -5.26. The molecule has 0 atom stereocenters. The number of benzene rings is 4. The van der Waals surface area contributed by atoms with E-state index >= 15 is 0 Å². The van der Waals surface area contributed by atoms with Gasteiger partial charge in [-0.1, -0.05) is 42.5 Å². The van der Waals surface area contributed by atoms with Crippen molar-refractivity contribution in [3.63, 3.8) is 0 Å². The number of ether oxygens (including phenoxy) is 4. The molecular formula is C37H43N5O6. The maximum absolute atomic E-state index is 14.0. The van der Waals surface area contributed by atoms with Gasteiger partial charge in [-0.05, 0) is 59.7 Å². The number of hydrazine groups is 1. The molecule has 0 saturated carbocycles. The second kappa shape index (κ2) is 16.5. The topological polar surface area (TPSA) is 119 Å². The number of nitrogens with one attached hydrogen (secondary N) is 1. The van der Waals surface area contributed by atoms with Crippen molar-refractivity contribution in [1.29, 1.82) is 0 Å². The van der Waals surface area contributed by atoms with Crippen LogP contribution in [0, 0.1) is 0 Å². The van der Waals surface area contributed by atoms with E-state index in [2.05, 4.69) is 22.5 Å². The molecule has 1 aliphatic heterocycles. The number of carbonyl (C=O) groups excluding carboxylic acids is 2. The molecule has 0 aliphatic carbocycles. The van der Waals surface area contributed by atoms with E-state index in [1.807, 2.05) is 71.7 Å². The van der Waals surface area contributed by atoms with E-state index in [1.54, 1.807) is 31.3 Å². The van der Waals surface area contributed by atoms with Gasteiger partial charge in [-0.25, -0.2) is 5.01 Å². The van der Waals surface area contributed by atoms with E-state index in [1.165, 1.54) is 7.11 Å². The fourth-order valence-corrected chi connectivity index (χ4v) is 5.65. The lowest BCUT2D eigenvalue weighted by molar-refractivity contribution is -0.128. The zero-order valence-electron chi connectivity index (χ0n) is 27.7. The van der Waals surface area contributed by atoms with E-state index in [4.69, 9.17) is 24.7 Å². The number of piperazine rings is 1. The van der Waals surface area contributed by atoms with Gasteiger partial charge < -0.3 is 34.5 Å². The summed E-state index contributed by atoms with van der Waals surface area (Å²) in [5, 5.41) is 1.92. The Morgan fingerprint density at radius 1 is 0.750 bits per heavy atom. The highest BCUT2D eigenvalue weighted by Gasteiger charge is 2.24. The van der Waals surface area contributed by atoms with Crippen molar-refractivity contribution >= 4 is 23.2 Å². The van der Waals surface area contributed by atoms with E-state index in [0.717, 1.165) is 29.9 Å². The van der Waals surface area contributed by atoms with Crippen molar-refractivity contribution in [2.75, 3.05) is 57.3 Å². The zero-order chi connectivity index (χ0) is 33.9. The summed E-state index contributed by atoms with van der Waals surface area (Å²) in [4.78, 5) is 31.0. The molecule has 1 saturated heterocycles. The maximum atomic E-state index is 14.0. The van der Waals surface area contributed by atoms with Crippen LogP contribution in [0.4, 0.5) is 11.4 Å². The van der Waals surface area contributed by atoms with Crippen LogP contribution >= 0.6 is 0 Å². The predicted molar refractivity (Wildman–Crippen MR) is 186 cm³/mol. The van der Waals surface area contributed by atoms with E-state index in [9.17, 15) is 9.59 Å². The van der Waals surface area contributed by atoms with E-state index < -0.39 is 0 Å². The molecule has 1 aliphatic rings. The number of hydrogen-bond donors (Lipinski definition) is 2. The molecule has 0 bridgehead atoms. The summed E-state index contributed by atoms with van der Waals surface area (Å²) in [6.45, 7) is 3.46. The molecule has 4 aromatic carbocycles. The zero-order valence-corrected chi connectivity index (χ0v) is 27.7. The van der Waals surface area contributed by atoms with Gasteiger partial charge in [-0.2, -0.15) is 0 Å². The third-order valence-corrected chi connectivity index (χ3v) is 8.13. The molecule has 1 heterocycles. The molecule has 252 valence electrons. The molecule has 11 heteroatoms. The van der Waals surface area contributed by atoms with Gasteiger partial charge >= 0.3 is 0 Å². The minimum absolute atomic E-state index is 0.0166. The third kappa shape index (κ3) is 8.55. The Kier molecular flexibility index (Phi) is 11.7. The largest absolute Gasteiger partial charge is 0.493 e. The molecule has 0 spiro atoms. The molecule has 3 N–H and O–H groups in total. The third-order valence-electron chi connectivity index (χ3n) is 8.13. The number of nitrogens with zero attached hydrogens (tertiary/aromatic N) is 3. The Balaban J connectivity index is 1.33. The standard InChI is InChI=1S/C37H43N5O6/c1-45-33-23-28(24-34(46-2)37(33)47-3)26-42(31-14-7-8-15-32(31)48-30-13-9-10-27(22-30)25-38)36(44)17-16-35(43)39-41-20-18-40(19-21-41)29-11-5-4-6-12-29/h4-15,22-24H,16-21,25-26,38H2,1-3H3,(H,39,43). The summed E-state index contributed by atoms with van der Waals surface area (Å²) in [5.74, 6) is 1.99. The molecular weight excluding hydrogens is 610 g/mol. The SMILES string of the molecule is COc1cc(CN(C(=O)CCC(=O)NN2CCN(c3ccccc3)CC2)c2ccccc2Oc2cccc(CN)c2)cc(OC)c1OC. The first-order valence-electron chi connectivity index (χ1n) is 15.9. The second-order valence-corrected chi connectivity index (χ2v) is 11.3. The summed E-state index contributed by atoms with van der Waals surface area (Å²) in [6.07, 6.45) is 0.00227. The van der Waals surface area contributed by atoms with Gasteiger partial charge in [0.05, 0.1) is 33.6 Å². The predicted octanol–water partition coefficient (Wildman–Crippen LogP) is 5.13. The van der Waals surface area contributed by atoms with Gasteiger partial charge in [0.25, 0.3) is 0 Å². The molecule has 0 unspecified atom stereocenters. The van der Waals surface area contributed by atoms with Crippen LogP contribution in [0.15, 0.2) is 91.0 Å². The second-order valence-electron chi connectivity index (χ2n) is 11.3. The smallest absolute Gasteiger partial charge is 0.234 e. The van der Waals surface area contributed by atoms with Crippen LogP contribution in [0.5, 0.6) is 28.7 Å². The van der Waals surface area contributed by atoms with Crippen molar-refractivity contribution in [2.45, 2.75) is 25.9 Å². The number of anilines is 2. The first-order chi connectivity index (χ1) is 23.4. The average Bonchev–Trinajstić information content (AvgIpc) is 3.13. The number of carbonyl (C=O) groups is 2. The lowest BCUT2D eigenvalue weighted by atomic mass is 10.1. The number of rotatable bonds is 14. The fraction of sp³-hybridized carbons (Fsp3) is 0.297. The van der Waals surface area contributed by atoms with Crippen molar-refractivity contribution in [1.82, 2.24) is 10.4 Å². The number of methoxy groups -OCH3 is 3. The Morgan fingerprint density at radius 2 is 1.44 bits per heavy atom. The highest BCUT2D eigenvalue weighted by molar-refractivity contribution is 5.96. The van der Waals surface area contributed by atoms with Gasteiger partial charge in [0.1, 0.15) is 5.75 Å². The summed E-state index contributed by atoms with van der Waals surface area (Å²) in [7, 11) is 4.63. The summed E-state index contributed by atoms with van der Waals surface area (Å²) < 4.78 is 22.9. The van der Waals surface area contributed by atoms with Gasteiger partial charge in [-0.3, -0.25) is 15.0 Å². The quantitative estimate of drug-likeness (QED) is 0.191. The van der Waals surface area contributed by atoms with Crippen molar-refractivity contribution in [2.24, 2.45) is 5.73 Å². The van der Waals surface area contributed by atoms with Crippen LogP contribution in [-0.4, -0.2) is 64.3 Å². The van der Waals surface area contributed by atoms with Crippen molar-refractivity contribution in [3.8, 4) is 28.7 Å². The molecule has 11 nitrogen and oxygen atoms in total. The van der Waals surface area contributed by atoms with Gasteiger partial charge in [-0.15, -0.1) is 0 Å². The van der Waals surface area contributed by atoms with Gasteiger partial charge in [0.2, 0.25) is 17.6 Å². The number of hydrogen-bond acceptors (Lipinski definition) is 9. The molecule has 0 radical (unpaired) electrons. The summed E-state index contributed by atoms with van der Waals surface area (Å²) >= 11 is 0. The van der Waals surface area contributed by atoms with Crippen LogP contribution in [0.2, 0.25) is 0 Å². The van der Waals surface area contributed by atoms with Crippen LogP contribution in [-0.2, 0) is 22.7 Å². The lowest BCUT2D eigenvalue weighted by Crippen LogP contribution is -2.53.